The van der Waals surface area contributed by atoms with Gasteiger partial charge >= 0.3 is 0 Å². The van der Waals surface area contributed by atoms with Gasteiger partial charge < -0.3 is 19.9 Å². The van der Waals surface area contributed by atoms with Crippen LogP contribution in [-0.2, 0) is 9.53 Å². The Morgan fingerprint density at radius 2 is 2.07 bits per heavy atom. The fraction of sp³-hybridized carbons (Fsp3) is 0.455. The maximum Gasteiger partial charge on any atom is 0.205 e. The van der Waals surface area contributed by atoms with Crippen molar-refractivity contribution in [1.29, 1.82) is 5.26 Å². The fourth-order valence-electron chi connectivity index (χ4n) is 3.81. The molecule has 1 aromatic rings. The third kappa shape index (κ3) is 3.57. The van der Waals surface area contributed by atoms with Gasteiger partial charge in [-0.1, -0.05) is 26.8 Å². The van der Waals surface area contributed by atoms with E-state index in [1.807, 2.05) is 39.0 Å². The summed E-state index contributed by atoms with van der Waals surface area (Å²) in [4.78, 5) is 13.0. The van der Waals surface area contributed by atoms with Crippen LogP contribution in [0.3, 0.4) is 0 Å². The Bertz CT molecular complexity index is 906. The number of ketones is 1. The maximum atomic E-state index is 13.0. The first kappa shape index (κ1) is 19.8. The Kier molecular flexibility index (Phi) is 5.37. The van der Waals surface area contributed by atoms with Gasteiger partial charge in [-0.05, 0) is 29.5 Å². The molecule has 0 fully saturated rings. The van der Waals surface area contributed by atoms with Crippen LogP contribution in [0.5, 0.6) is 11.5 Å². The molecule has 6 nitrogen and oxygen atoms in total. The number of rotatable bonds is 5. The summed E-state index contributed by atoms with van der Waals surface area (Å²) in [6, 6.07) is 7.60. The third-order valence-electron chi connectivity index (χ3n) is 5.06. The highest BCUT2D eigenvalue weighted by atomic mass is 16.5. The second kappa shape index (κ2) is 7.59. The fourth-order valence-corrected chi connectivity index (χ4v) is 3.81. The zero-order valence-corrected chi connectivity index (χ0v) is 16.8. The lowest BCUT2D eigenvalue weighted by atomic mass is 9.70. The number of ether oxygens (including phenoxy) is 3. The van der Waals surface area contributed by atoms with Gasteiger partial charge in [0.05, 0.1) is 19.6 Å². The highest BCUT2D eigenvalue weighted by Gasteiger charge is 2.43. The molecule has 1 aliphatic heterocycles. The Morgan fingerprint density at radius 1 is 1.32 bits per heavy atom. The van der Waals surface area contributed by atoms with E-state index >= 15 is 0 Å². The summed E-state index contributed by atoms with van der Waals surface area (Å²) in [5.41, 5.74) is 7.37. The predicted octanol–water partition coefficient (Wildman–Crippen LogP) is 3.93. The van der Waals surface area contributed by atoms with Crippen molar-refractivity contribution in [3.63, 3.8) is 0 Å². The summed E-state index contributed by atoms with van der Waals surface area (Å²) in [7, 11) is 1.57. The van der Waals surface area contributed by atoms with Gasteiger partial charge in [0.1, 0.15) is 17.4 Å². The van der Waals surface area contributed by atoms with Gasteiger partial charge in [-0.3, -0.25) is 4.79 Å². The summed E-state index contributed by atoms with van der Waals surface area (Å²) in [6.45, 7) is 6.65. The zero-order chi connectivity index (χ0) is 20.5. The molecule has 1 atom stereocenters. The third-order valence-corrected chi connectivity index (χ3v) is 5.06. The molecule has 0 bridgehead atoms. The Labute approximate surface area is 165 Å². The van der Waals surface area contributed by atoms with E-state index in [-0.39, 0.29) is 22.7 Å². The van der Waals surface area contributed by atoms with Gasteiger partial charge in [-0.25, -0.2) is 0 Å². The van der Waals surface area contributed by atoms with Crippen LogP contribution < -0.4 is 15.2 Å². The molecule has 28 heavy (non-hydrogen) atoms. The molecule has 0 unspecified atom stereocenters. The van der Waals surface area contributed by atoms with E-state index in [0.29, 0.717) is 42.3 Å². The highest BCUT2D eigenvalue weighted by molar-refractivity contribution is 6.00. The quantitative estimate of drug-likeness (QED) is 0.829. The van der Waals surface area contributed by atoms with Crippen LogP contribution in [0.25, 0.3) is 0 Å². The predicted molar refractivity (Wildman–Crippen MR) is 104 cm³/mol. The maximum absolute atomic E-state index is 13.0. The second-order valence-corrected chi connectivity index (χ2v) is 7.96. The van der Waals surface area contributed by atoms with Crippen LogP contribution in [-0.4, -0.2) is 19.5 Å². The summed E-state index contributed by atoms with van der Waals surface area (Å²) in [5, 5.41) is 9.71. The van der Waals surface area contributed by atoms with Crippen molar-refractivity contribution < 1.29 is 19.0 Å². The Hall–Kier alpha value is -2.94. The zero-order valence-electron chi connectivity index (χ0n) is 16.8. The highest BCUT2D eigenvalue weighted by Crippen LogP contribution is 2.48. The number of methoxy groups -OCH3 is 1. The Morgan fingerprint density at radius 3 is 2.71 bits per heavy atom. The molecule has 0 spiro atoms. The van der Waals surface area contributed by atoms with Crippen LogP contribution >= 0.6 is 0 Å². The van der Waals surface area contributed by atoms with E-state index in [1.54, 1.807) is 7.11 Å². The molecule has 1 aliphatic carbocycles. The van der Waals surface area contributed by atoms with Crippen LogP contribution in [0.2, 0.25) is 0 Å². The lowest BCUT2D eigenvalue weighted by molar-refractivity contribution is -0.119. The van der Waals surface area contributed by atoms with Crippen molar-refractivity contribution in [2.45, 2.75) is 46.0 Å². The number of carbonyl (C=O) groups is 1. The second-order valence-electron chi connectivity index (χ2n) is 7.96. The number of hydrogen-bond acceptors (Lipinski definition) is 6. The molecule has 3 rings (SSSR count). The number of carbonyl (C=O) groups excluding carboxylic acids is 1. The first-order chi connectivity index (χ1) is 13.3. The monoisotopic (exact) mass is 382 g/mol. The molecule has 2 aliphatic rings. The number of nitriles is 1. The van der Waals surface area contributed by atoms with Gasteiger partial charge in [-0.2, -0.15) is 5.26 Å². The van der Waals surface area contributed by atoms with Crippen LogP contribution in [0.4, 0.5) is 0 Å². The van der Waals surface area contributed by atoms with Gasteiger partial charge in [0.25, 0.3) is 0 Å². The standard InChI is InChI=1S/C22H26N2O4/c1-5-8-27-16-7-6-13(9-17(16)26-4)19-14(12-23)21(24)28-18-11-22(2,3)10-15(25)20(18)19/h6-7,9,19H,5,8,10-11,24H2,1-4H3/t19-/m1/s1. The van der Waals surface area contributed by atoms with E-state index in [9.17, 15) is 10.1 Å². The summed E-state index contributed by atoms with van der Waals surface area (Å²) < 4.78 is 16.9. The van der Waals surface area contributed by atoms with E-state index in [1.165, 1.54) is 0 Å². The number of nitrogens with zero attached hydrogens (tertiary/aromatic N) is 1. The molecule has 1 heterocycles. The minimum Gasteiger partial charge on any atom is -0.493 e. The largest absolute Gasteiger partial charge is 0.493 e. The molecule has 0 aromatic heterocycles. The minimum atomic E-state index is -0.563. The number of allylic oxidation sites excluding steroid dienone is 3. The van der Waals surface area contributed by atoms with Gasteiger partial charge in [-0.15, -0.1) is 0 Å². The van der Waals surface area contributed by atoms with E-state index < -0.39 is 5.92 Å². The molecule has 6 heteroatoms. The van der Waals surface area contributed by atoms with Crippen molar-refractivity contribution in [2.75, 3.05) is 13.7 Å². The average Bonchev–Trinajstić information content (AvgIpc) is 2.64. The van der Waals surface area contributed by atoms with Crippen molar-refractivity contribution in [1.82, 2.24) is 0 Å². The summed E-state index contributed by atoms with van der Waals surface area (Å²) in [5.74, 6) is 1.23. The Balaban J connectivity index is 2.11. The van der Waals surface area contributed by atoms with Crippen LogP contribution in [0.15, 0.2) is 41.0 Å². The van der Waals surface area contributed by atoms with Crippen LogP contribution in [0, 0.1) is 16.7 Å². The smallest absolute Gasteiger partial charge is 0.205 e. The van der Waals surface area contributed by atoms with Crippen molar-refractivity contribution in [3.05, 3.63) is 46.6 Å². The molecule has 148 valence electrons. The molecular weight excluding hydrogens is 356 g/mol. The minimum absolute atomic E-state index is 0.0122. The molecule has 0 saturated heterocycles. The van der Waals surface area contributed by atoms with Gasteiger partial charge in [0.15, 0.2) is 17.3 Å². The number of nitrogens with two attached hydrogens (primary N) is 1. The summed E-state index contributed by atoms with van der Waals surface area (Å²) >= 11 is 0. The molecule has 1 aromatic carbocycles. The van der Waals surface area contributed by atoms with Gasteiger partial charge in [0.2, 0.25) is 5.88 Å². The molecule has 0 amide bonds. The molecule has 0 radical (unpaired) electrons. The molecular formula is C22H26N2O4. The van der Waals surface area contributed by atoms with E-state index in [2.05, 4.69) is 6.07 Å². The van der Waals surface area contributed by atoms with Crippen molar-refractivity contribution >= 4 is 5.78 Å². The van der Waals surface area contributed by atoms with E-state index in [0.717, 1.165) is 12.0 Å². The van der Waals surface area contributed by atoms with Crippen molar-refractivity contribution in [2.24, 2.45) is 11.1 Å². The first-order valence-electron chi connectivity index (χ1n) is 9.46. The number of hydrogen-bond donors (Lipinski definition) is 1. The lowest BCUT2D eigenvalue weighted by Gasteiger charge is -2.37. The van der Waals surface area contributed by atoms with Crippen LogP contribution in [0.1, 0.15) is 51.5 Å². The number of Topliss-reactive ketones (excluding diaryl/α,β-unsaturated/α-hetero) is 1. The average molecular weight is 382 g/mol. The first-order valence-corrected chi connectivity index (χ1v) is 9.46. The topological polar surface area (TPSA) is 94.6 Å². The van der Waals surface area contributed by atoms with Gasteiger partial charge in [0, 0.05) is 18.4 Å². The lowest BCUT2D eigenvalue weighted by Crippen LogP contribution is -2.33. The SMILES string of the molecule is CCCOc1ccc([C@@H]2C(C#N)=C(N)OC3=C2C(=O)CC(C)(C)C3)cc1OC. The van der Waals surface area contributed by atoms with E-state index in [4.69, 9.17) is 19.9 Å². The van der Waals surface area contributed by atoms with Crippen molar-refractivity contribution in [3.8, 4) is 17.6 Å². The normalized spacial score (nSPS) is 21.0. The summed E-state index contributed by atoms with van der Waals surface area (Å²) in [6.07, 6.45) is 1.88. The molecule has 0 saturated carbocycles. The molecule has 2 N–H and O–H groups in total. The number of benzene rings is 1.